The minimum absolute atomic E-state index is 0.176. The van der Waals surface area contributed by atoms with Crippen LogP contribution < -0.4 is 0 Å². The number of rotatable bonds is 0. The molecule has 0 unspecified atom stereocenters. The van der Waals surface area contributed by atoms with Crippen molar-refractivity contribution in [3.63, 3.8) is 0 Å². The number of carbonyl (C=O) groups is 1. The molecule has 0 spiro atoms. The first-order valence-electron chi connectivity index (χ1n) is 6.53. The van der Waals surface area contributed by atoms with Gasteiger partial charge in [-0.25, -0.2) is 4.79 Å². The molecule has 1 rings (SSSR count). The molecule has 3 heteroatoms. The molecule has 1 aliphatic heterocycles. The summed E-state index contributed by atoms with van der Waals surface area (Å²) in [6.07, 6.45) is 5.11. The zero-order chi connectivity index (χ0) is 12.9. The molecule has 1 fully saturated rings. The van der Waals surface area contributed by atoms with E-state index in [1.165, 1.54) is 5.57 Å². The quantitative estimate of drug-likeness (QED) is 0.603. The predicted octanol–water partition coefficient (Wildman–Crippen LogP) is 3.74. The number of allylic oxidation sites excluding steroid dienone is 1. The number of amides is 1. The van der Waals surface area contributed by atoms with E-state index in [9.17, 15) is 4.79 Å². The maximum absolute atomic E-state index is 12.0. The monoisotopic (exact) mass is 239 g/mol. The Balaban J connectivity index is 2.50. The molecule has 0 aromatic rings. The maximum Gasteiger partial charge on any atom is 0.410 e. The van der Waals surface area contributed by atoms with Gasteiger partial charge in [0.1, 0.15) is 5.60 Å². The van der Waals surface area contributed by atoms with E-state index in [-0.39, 0.29) is 6.09 Å². The molecule has 0 radical (unpaired) electrons. The summed E-state index contributed by atoms with van der Waals surface area (Å²) in [7, 11) is 0. The summed E-state index contributed by atoms with van der Waals surface area (Å²) in [5.74, 6) is 0. The normalized spacial score (nSPS) is 19.2. The number of ether oxygens (including phenoxy) is 1. The van der Waals surface area contributed by atoms with Gasteiger partial charge in [0, 0.05) is 13.1 Å². The van der Waals surface area contributed by atoms with Gasteiger partial charge in [-0.2, -0.15) is 0 Å². The largest absolute Gasteiger partial charge is 0.444 e. The third kappa shape index (κ3) is 5.76. The summed E-state index contributed by atoms with van der Waals surface area (Å²) in [4.78, 5) is 13.8. The van der Waals surface area contributed by atoms with Crippen molar-refractivity contribution in [3.05, 3.63) is 12.2 Å². The molecule has 0 bridgehead atoms. The second-order valence-electron chi connectivity index (χ2n) is 5.78. The zero-order valence-corrected chi connectivity index (χ0v) is 11.4. The molecular weight excluding hydrogens is 214 g/mol. The Morgan fingerprint density at radius 3 is 2.41 bits per heavy atom. The summed E-state index contributed by atoms with van der Waals surface area (Å²) >= 11 is 0. The fourth-order valence-corrected chi connectivity index (χ4v) is 1.94. The maximum atomic E-state index is 12.0. The lowest BCUT2D eigenvalue weighted by atomic mass is 10.1. The van der Waals surface area contributed by atoms with E-state index in [4.69, 9.17) is 4.74 Å². The highest BCUT2D eigenvalue weighted by Crippen LogP contribution is 2.17. The standard InChI is InChI=1S/C14H25NO2/c1-12-8-5-6-10-15(11-7-9-12)13(16)17-14(2,3)4/h1,5-11H2,2-4H3. The van der Waals surface area contributed by atoms with Crippen LogP contribution in [0.5, 0.6) is 0 Å². The van der Waals surface area contributed by atoms with E-state index in [0.717, 1.165) is 45.2 Å². The molecule has 0 aromatic heterocycles. The second kappa shape index (κ2) is 6.08. The van der Waals surface area contributed by atoms with Crippen LogP contribution in [-0.2, 0) is 4.74 Å². The van der Waals surface area contributed by atoms with Crippen molar-refractivity contribution in [2.45, 2.75) is 58.5 Å². The summed E-state index contributed by atoms with van der Waals surface area (Å²) < 4.78 is 5.41. The van der Waals surface area contributed by atoms with Crippen molar-refractivity contribution in [3.8, 4) is 0 Å². The van der Waals surface area contributed by atoms with Crippen LogP contribution >= 0.6 is 0 Å². The zero-order valence-electron chi connectivity index (χ0n) is 11.4. The number of hydrogen-bond acceptors (Lipinski definition) is 2. The van der Waals surface area contributed by atoms with E-state index in [1.807, 2.05) is 25.7 Å². The summed E-state index contributed by atoms with van der Waals surface area (Å²) in [6, 6.07) is 0. The smallest absolute Gasteiger partial charge is 0.410 e. The van der Waals surface area contributed by atoms with Gasteiger partial charge in [0.2, 0.25) is 0 Å². The van der Waals surface area contributed by atoms with E-state index < -0.39 is 5.60 Å². The van der Waals surface area contributed by atoms with Crippen LogP contribution in [0.15, 0.2) is 12.2 Å². The Morgan fingerprint density at radius 2 is 1.76 bits per heavy atom. The molecule has 3 nitrogen and oxygen atoms in total. The van der Waals surface area contributed by atoms with Gasteiger partial charge in [0.15, 0.2) is 0 Å². The summed E-state index contributed by atoms with van der Waals surface area (Å²) in [5, 5.41) is 0. The highest BCUT2D eigenvalue weighted by atomic mass is 16.6. The van der Waals surface area contributed by atoms with Gasteiger partial charge in [-0.3, -0.25) is 0 Å². The lowest BCUT2D eigenvalue weighted by Gasteiger charge is -2.27. The Hall–Kier alpha value is -0.990. The lowest BCUT2D eigenvalue weighted by Crippen LogP contribution is -2.37. The average Bonchev–Trinajstić information content (AvgIpc) is 2.27. The number of carbonyl (C=O) groups excluding carboxylic acids is 1. The molecule has 1 heterocycles. The van der Waals surface area contributed by atoms with Crippen LogP contribution in [0.1, 0.15) is 52.9 Å². The predicted molar refractivity (Wildman–Crippen MR) is 70.0 cm³/mol. The first-order valence-corrected chi connectivity index (χ1v) is 6.53. The third-order valence-corrected chi connectivity index (χ3v) is 2.82. The van der Waals surface area contributed by atoms with Gasteiger partial charge in [-0.05, 0) is 52.9 Å². The van der Waals surface area contributed by atoms with Gasteiger partial charge >= 0.3 is 6.09 Å². The Bertz CT molecular complexity index is 278. The van der Waals surface area contributed by atoms with Crippen LogP contribution in [0, 0.1) is 0 Å². The number of nitrogens with zero attached hydrogens (tertiary/aromatic N) is 1. The molecule has 98 valence electrons. The molecule has 1 amide bonds. The molecule has 0 saturated carbocycles. The minimum Gasteiger partial charge on any atom is -0.444 e. The van der Waals surface area contributed by atoms with Crippen LogP contribution in [0.3, 0.4) is 0 Å². The van der Waals surface area contributed by atoms with Crippen LogP contribution in [-0.4, -0.2) is 29.7 Å². The number of hydrogen-bond donors (Lipinski definition) is 0. The van der Waals surface area contributed by atoms with E-state index in [0.29, 0.717) is 0 Å². The summed E-state index contributed by atoms with van der Waals surface area (Å²) in [5.41, 5.74) is 0.912. The Kier molecular flexibility index (Phi) is 5.03. The molecule has 0 aliphatic carbocycles. The van der Waals surface area contributed by atoms with Crippen molar-refractivity contribution in [1.82, 2.24) is 4.90 Å². The fraction of sp³-hybridized carbons (Fsp3) is 0.786. The van der Waals surface area contributed by atoms with E-state index >= 15 is 0 Å². The topological polar surface area (TPSA) is 29.5 Å². The van der Waals surface area contributed by atoms with E-state index in [2.05, 4.69) is 6.58 Å². The highest BCUT2D eigenvalue weighted by molar-refractivity contribution is 5.68. The molecular formula is C14H25NO2. The first kappa shape index (κ1) is 14.1. The van der Waals surface area contributed by atoms with Crippen molar-refractivity contribution in [2.24, 2.45) is 0 Å². The Labute approximate surface area is 105 Å². The van der Waals surface area contributed by atoms with E-state index in [1.54, 1.807) is 0 Å². The van der Waals surface area contributed by atoms with Gasteiger partial charge in [0.05, 0.1) is 0 Å². The second-order valence-corrected chi connectivity index (χ2v) is 5.78. The minimum atomic E-state index is -0.404. The van der Waals surface area contributed by atoms with Crippen molar-refractivity contribution in [2.75, 3.05) is 13.1 Å². The molecule has 0 aromatic carbocycles. The van der Waals surface area contributed by atoms with Crippen molar-refractivity contribution >= 4 is 6.09 Å². The lowest BCUT2D eigenvalue weighted by molar-refractivity contribution is 0.0247. The molecule has 0 atom stereocenters. The van der Waals surface area contributed by atoms with Gasteiger partial charge in [0.25, 0.3) is 0 Å². The van der Waals surface area contributed by atoms with Crippen LogP contribution in [0.4, 0.5) is 4.79 Å². The van der Waals surface area contributed by atoms with Crippen LogP contribution in [0.2, 0.25) is 0 Å². The third-order valence-electron chi connectivity index (χ3n) is 2.82. The SMILES string of the molecule is C=C1CCCCN(C(=O)OC(C)(C)C)CCC1. The Morgan fingerprint density at radius 1 is 1.18 bits per heavy atom. The van der Waals surface area contributed by atoms with Gasteiger partial charge in [-0.15, -0.1) is 0 Å². The van der Waals surface area contributed by atoms with Crippen molar-refractivity contribution in [1.29, 1.82) is 0 Å². The fourth-order valence-electron chi connectivity index (χ4n) is 1.94. The van der Waals surface area contributed by atoms with Crippen molar-refractivity contribution < 1.29 is 9.53 Å². The van der Waals surface area contributed by atoms with Crippen LogP contribution in [0.25, 0.3) is 0 Å². The average molecular weight is 239 g/mol. The molecule has 1 saturated heterocycles. The highest BCUT2D eigenvalue weighted by Gasteiger charge is 2.22. The first-order chi connectivity index (χ1) is 7.88. The molecule has 0 N–H and O–H groups in total. The summed E-state index contributed by atoms with van der Waals surface area (Å²) in [6.45, 7) is 11.4. The van der Waals surface area contributed by atoms with Gasteiger partial charge < -0.3 is 9.64 Å². The molecule has 1 aliphatic rings. The van der Waals surface area contributed by atoms with Gasteiger partial charge in [-0.1, -0.05) is 12.2 Å². The molecule has 17 heavy (non-hydrogen) atoms.